The molecule has 0 radical (unpaired) electrons. The topological polar surface area (TPSA) is 109 Å². The van der Waals surface area contributed by atoms with E-state index in [0.717, 1.165) is 36.1 Å². The van der Waals surface area contributed by atoms with Crippen molar-refractivity contribution in [1.82, 2.24) is 0 Å². The van der Waals surface area contributed by atoms with Crippen LogP contribution in [0.4, 0.5) is 0 Å². The average Bonchev–Trinajstić information content (AvgIpc) is 2.90. The van der Waals surface area contributed by atoms with E-state index in [2.05, 4.69) is 27.7 Å². The van der Waals surface area contributed by atoms with E-state index in [9.17, 15) is 29.4 Å². The molecule has 36 heavy (non-hydrogen) atoms. The van der Waals surface area contributed by atoms with Crippen LogP contribution in [0, 0.1) is 0 Å². The first-order valence-electron chi connectivity index (χ1n) is 12.0. The SMILES string of the molecule is CCC(C)c1ccc(C(=O)c2cc(C(=O)O)c(C(=O)c3ccc(C(C)CC)cc3)cc2C(=O)O)cc1. The predicted octanol–water partition coefficient (Wildman–Crippen LogP) is 6.57. The van der Waals surface area contributed by atoms with Gasteiger partial charge in [0.25, 0.3) is 0 Å². The van der Waals surface area contributed by atoms with E-state index in [1.165, 1.54) is 0 Å². The molecule has 0 aliphatic rings. The van der Waals surface area contributed by atoms with Crippen LogP contribution in [0.1, 0.15) is 116 Å². The summed E-state index contributed by atoms with van der Waals surface area (Å²) in [5, 5.41) is 19.7. The van der Waals surface area contributed by atoms with Crippen LogP contribution in [0.3, 0.4) is 0 Å². The average molecular weight is 487 g/mol. The molecule has 0 spiro atoms. The van der Waals surface area contributed by atoms with Gasteiger partial charge in [-0.15, -0.1) is 0 Å². The number of hydrogen-bond donors (Lipinski definition) is 2. The second-order valence-corrected chi connectivity index (χ2v) is 9.07. The second-order valence-electron chi connectivity index (χ2n) is 9.07. The highest BCUT2D eigenvalue weighted by atomic mass is 16.4. The van der Waals surface area contributed by atoms with Crippen molar-refractivity contribution in [2.75, 3.05) is 0 Å². The third kappa shape index (κ3) is 5.43. The van der Waals surface area contributed by atoms with E-state index in [-0.39, 0.29) is 22.3 Å². The summed E-state index contributed by atoms with van der Waals surface area (Å²) < 4.78 is 0. The minimum Gasteiger partial charge on any atom is -0.478 e. The Morgan fingerprint density at radius 1 is 0.583 bits per heavy atom. The number of benzene rings is 3. The van der Waals surface area contributed by atoms with Crippen molar-refractivity contribution in [1.29, 1.82) is 0 Å². The lowest BCUT2D eigenvalue weighted by Gasteiger charge is -2.13. The number of carboxylic acid groups (broad SMARTS) is 2. The smallest absolute Gasteiger partial charge is 0.336 e. The highest BCUT2D eigenvalue weighted by Gasteiger charge is 2.27. The number of carbonyl (C=O) groups is 4. The molecule has 0 amide bonds. The Labute approximate surface area is 210 Å². The van der Waals surface area contributed by atoms with E-state index in [1.807, 2.05) is 0 Å². The summed E-state index contributed by atoms with van der Waals surface area (Å²) in [6.07, 6.45) is 1.85. The summed E-state index contributed by atoms with van der Waals surface area (Å²) in [4.78, 5) is 50.6. The first-order chi connectivity index (χ1) is 17.1. The van der Waals surface area contributed by atoms with Gasteiger partial charge in [0.1, 0.15) is 0 Å². The zero-order valence-electron chi connectivity index (χ0n) is 20.9. The van der Waals surface area contributed by atoms with Crippen molar-refractivity contribution in [3.05, 3.63) is 105 Å². The molecule has 2 unspecified atom stereocenters. The molecule has 0 aliphatic carbocycles. The van der Waals surface area contributed by atoms with Crippen molar-refractivity contribution in [2.45, 2.75) is 52.4 Å². The Kier molecular flexibility index (Phi) is 8.20. The molecule has 3 rings (SSSR count). The third-order valence-corrected chi connectivity index (χ3v) is 6.82. The van der Waals surface area contributed by atoms with Crippen molar-refractivity contribution < 1.29 is 29.4 Å². The lowest BCUT2D eigenvalue weighted by molar-refractivity contribution is 0.0677. The Bertz CT molecular complexity index is 1200. The van der Waals surface area contributed by atoms with Crippen LogP contribution >= 0.6 is 0 Å². The van der Waals surface area contributed by atoms with Crippen LogP contribution in [0.15, 0.2) is 60.7 Å². The Balaban J connectivity index is 2.08. The standard InChI is InChI=1S/C30H30O6/c1-5-17(3)19-7-11-21(12-8-19)27(31)23-15-26(30(35)36)24(16-25(23)29(33)34)28(32)22-13-9-20(10-14-22)18(4)6-2/h7-18H,5-6H2,1-4H3,(H,33,34)(H,35,36). The van der Waals surface area contributed by atoms with E-state index in [1.54, 1.807) is 48.5 Å². The van der Waals surface area contributed by atoms with E-state index in [4.69, 9.17) is 0 Å². The normalized spacial score (nSPS) is 12.6. The van der Waals surface area contributed by atoms with Gasteiger partial charge < -0.3 is 10.2 Å². The molecule has 0 saturated carbocycles. The molecule has 6 heteroatoms. The maximum atomic E-state index is 13.2. The van der Waals surface area contributed by atoms with Gasteiger partial charge in [-0.05, 0) is 47.9 Å². The zero-order chi connectivity index (χ0) is 26.6. The fraction of sp³-hybridized carbons (Fsp3) is 0.267. The Hall–Kier alpha value is -4.06. The molecule has 0 aliphatic heterocycles. The van der Waals surface area contributed by atoms with Gasteiger partial charge >= 0.3 is 11.9 Å². The summed E-state index contributed by atoms with van der Waals surface area (Å²) in [7, 11) is 0. The first kappa shape index (κ1) is 26.5. The lowest BCUT2D eigenvalue weighted by Crippen LogP contribution is -2.17. The molecule has 0 aromatic heterocycles. The third-order valence-electron chi connectivity index (χ3n) is 6.82. The van der Waals surface area contributed by atoms with Gasteiger partial charge in [-0.3, -0.25) is 9.59 Å². The monoisotopic (exact) mass is 486 g/mol. The van der Waals surface area contributed by atoms with Gasteiger partial charge in [0.2, 0.25) is 0 Å². The van der Waals surface area contributed by atoms with Gasteiger partial charge in [-0.2, -0.15) is 0 Å². The van der Waals surface area contributed by atoms with Crippen molar-refractivity contribution in [3.63, 3.8) is 0 Å². The summed E-state index contributed by atoms with van der Waals surface area (Å²) >= 11 is 0. The number of hydrogen-bond acceptors (Lipinski definition) is 4. The number of aromatic carboxylic acids is 2. The highest BCUT2D eigenvalue weighted by molar-refractivity contribution is 6.19. The van der Waals surface area contributed by atoms with Crippen molar-refractivity contribution in [3.8, 4) is 0 Å². The fourth-order valence-corrected chi connectivity index (χ4v) is 4.04. The molecule has 0 heterocycles. The van der Waals surface area contributed by atoms with Gasteiger partial charge in [-0.25, -0.2) is 9.59 Å². The van der Waals surface area contributed by atoms with Crippen LogP contribution in [-0.4, -0.2) is 33.7 Å². The molecular formula is C30H30O6. The largest absolute Gasteiger partial charge is 0.478 e. The van der Waals surface area contributed by atoms with E-state index >= 15 is 0 Å². The summed E-state index contributed by atoms with van der Waals surface area (Å²) in [5.41, 5.74) is 1.16. The number of ketones is 2. The lowest BCUT2D eigenvalue weighted by atomic mass is 9.89. The Morgan fingerprint density at radius 3 is 1.14 bits per heavy atom. The van der Waals surface area contributed by atoms with Crippen molar-refractivity contribution in [2.24, 2.45) is 0 Å². The van der Waals surface area contributed by atoms with Gasteiger partial charge in [-0.1, -0.05) is 76.2 Å². The molecule has 2 atom stereocenters. The summed E-state index contributed by atoms with van der Waals surface area (Å²) in [6, 6.07) is 15.6. The van der Waals surface area contributed by atoms with E-state index < -0.39 is 34.6 Å². The number of rotatable bonds is 10. The van der Waals surface area contributed by atoms with Gasteiger partial charge in [0, 0.05) is 22.3 Å². The first-order valence-corrected chi connectivity index (χ1v) is 12.0. The summed E-state index contributed by atoms with van der Waals surface area (Å²) in [6.45, 7) is 8.23. The molecule has 0 bridgehead atoms. The molecule has 186 valence electrons. The highest BCUT2D eigenvalue weighted by Crippen LogP contribution is 2.26. The maximum absolute atomic E-state index is 13.2. The number of carbonyl (C=O) groups excluding carboxylic acids is 2. The Morgan fingerprint density at radius 2 is 0.889 bits per heavy atom. The molecule has 0 fully saturated rings. The molecule has 3 aromatic rings. The fourth-order valence-electron chi connectivity index (χ4n) is 4.04. The zero-order valence-corrected chi connectivity index (χ0v) is 20.9. The van der Waals surface area contributed by atoms with Gasteiger partial charge in [0.05, 0.1) is 11.1 Å². The second kappa shape index (κ2) is 11.1. The maximum Gasteiger partial charge on any atom is 0.336 e. The minimum atomic E-state index is -1.42. The quantitative estimate of drug-likeness (QED) is 0.314. The molecule has 2 N–H and O–H groups in total. The molecule has 0 saturated heterocycles. The molecule has 6 nitrogen and oxygen atoms in total. The van der Waals surface area contributed by atoms with Crippen molar-refractivity contribution >= 4 is 23.5 Å². The van der Waals surface area contributed by atoms with Crippen LogP contribution in [-0.2, 0) is 0 Å². The van der Waals surface area contributed by atoms with Gasteiger partial charge in [0.15, 0.2) is 11.6 Å². The van der Waals surface area contributed by atoms with Crippen LogP contribution in [0.5, 0.6) is 0 Å². The predicted molar refractivity (Wildman–Crippen MR) is 138 cm³/mol. The van der Waals surface area contributed by atoms with Crippen LogP contribution in [0.2, 0.25) is 0 Å². The van der Waals surface area contributed by atoms with Crippen LogP contribution < -0.4 is 0 Å². The van der Waals surface area contributed by atoms with Crippen LogP contribution in [0.25, 0.3) is 0 Å². The molecule has 3 aromatic carbocycles. The molecular weight excluding hydrogens is 456 g/mol. The van der Waals surface area contributed by atoms with E-state index in [0.29, 0.717) is 11.8 Å². The number of carboxylic acids is 2. The minimum absolute atomic E-state index is 0.237. The summed E-state index contributed by atoms with van der Waals surface area (Å²) in [5.74, 6) is -3.50.